The highest BCUT2D eigenvalue weighted by Crippen LogP contribution is 2.42. The third kappa shape index (κ3) is 4.51. The zero-order valence-electron chi connectivity index (χ0n) is 18.0. The predicted octanol–water partition coefficient (Wildman–Crippen LogP) is 5.46. The first-order chi connectivity index (χ1) is 15.1. The number of rotatable bonds is 2. The molecule has 0 aromatic heterocycles. The van der Waals surface area contributed by atoms with E-state index in [2.05, 4.69) is 0 Å². The number of thioether (sulfide) groups is 1. The summed E-state index contributed by atoms with van der Waals surface area (Å²) in [4.78, 5) is 29.7. The van der Waals surface area contributed by atoms with Crippen LogP contribution in [0.2, 0.25) is 0 Å². The van der Waals surface area contributed by atoms with Crippen LogP contribution in [-0.4, -0.2) is 35.1 Å². The molecule has 0 aliphatic carbocycles. The van der Waals surface area contributed by atoms with Crippen LogP contribution in [0.25, 0.3) is 0 Å². The molecule has 0 bridgehead atoms. The first-order valence-corrected chi connectivity index (χ1v) is 11.6. The van der Waals surface area contributed by atoms with Gasteiger partial charge in [-0.3, -0.25) is 9.59 Å². The van der Waals surface area contributed by atoms with Gasteiger partial charge in [-0.1, -0.05) is 31.2 Å². The number of benzene rings is 2. The highest BCUT2D eigenvalue weighted by Gasteiger charge is 2.36. The second-order valence-corrected chi connectivity index (χ2v) is 9.80. The average molecular weight is 463 g/mol. The molecular weight excluding hydrogens is 437 g/mol. The Morgan fingerprint density at radius 3 is 2.59 bits per heavy atom. The van der Waals surface area contributed by atoms with E-state index in [0.29, 0.717) is 30.1 Å². The Hall–Kier alpha value is -2.48. The first-order valence-electron chi connectivity index (χ1n) is 10.7. The van der Waals surface area contributed by atoms with Gasteiger partial charge < -0.3 is 9.80 Å². The summed E-state index contributed by atoms with van der Waals surface area (Å²) in [6.45, 7) is 4.36. The molecule has 0 fully saturated rings. The molecule has 170 valence electrons. The second-order valence-electron chi connectivity index (χ2n) is 8.32. The summed E-state index contributed by atoms with van der Waals surface area (Å²) in [6.07, 6.45) is -3.06. The molecule has 32 heavy (non-hydrogen) atoms. The quantitative estimate of drug-likeness (QED) is 0.595. The minimum Gasteiger partial charge on any atom is -0.335 e. The summed E-state index contributed by atoms with van der Waals surface area (Å²) in [7, 11) is 0. The average Bonchev–Trinajstić information content (AvgIpc) is 2.90. The van der Waals surface area contributed by atoms with Crippen molar-refractivity contribution in [2.45, 2.75) is 55.5 Å². The third-order valence-electron chi connectivity index (χ3n) is 6.15. The van der Waals surface area contributed by atoms with Gasteiger partial charge in [0.2, 0.25) is 11.8 Å². The summed E-state index contributed by atoms with van der Waals surface area (Å²) in [6, 6.07) is 10.9. The van der Waals surface area contributed by atoms with E-state index in [1.807, 2.05) is 31.2 Å². The monoisotopic (exact) mass is 462 g/mol. The number of amides is 2. The summed E-state index contributed by atoms with van der Waals surface area (Å²) >= 11 is 1.49. The van der Waals surface area contributed by atoms with Crippen LogP contribution in [0.5, 0.6) is 0 Å². The van der Waals surface area contributed by atoms with Crippen LogP contribution in [0.1, 0.15) is 49.4 Å². The number of nitrogens with zero attached hydrogens (tertiary/aromatic N) is 2. The Morgan fingerprint density at radius 2 is 1.88 bits per heavy atom. The Balaban J connectivity index is 1.69. The van der Waals surface area contributed by atoms with E-state index in [4.69, 9.17) is 0 Å². The summed E-state index contributed by atoms with van der Waals surface area (Å²) in [5.74, 6) is -0.384. The summed E-state index contributed by atoms with van der Waals surface area (Å²) in [5.41, 5.74) is 1.57. The molecule has 2 aromatic rings. The van der Waals surface area contributed by atoms with Crippen molar-refractivity contribution in [2.24, 2.45) is 0 Å². The third-order valence-corrected chi connectivity index (χ3v) is 7.39. The maximum atomic E-state index is 13.5. The molecule has 2 heterocycles. The molecule has 2 unspecified atom stereocenters. The first kappa shape index (κ1) is 22.7. The van der Waals surface area contributed by atoms with Crippen LogP contribution in [0, 0.1) is 0 Å². The number of carbonyl (C=O) groups is 2. The number of hydrogen-bond donors (Lipinski definition) is 0. The molecule has 0 spiro atoms. The van der Waals surface area contributed by atoms with Gasteiger partial charge in [0.15, 0.2) is 0 Å². The van der Waals surface area contributed by atoms with E-state index >= 15 is 0 Å². The number of carbonyl (C=O) groups excluding carboxylic acids is 2. The minimum absolute atomic E-state index is 0.0331. The fraction of sp³-hybridized carbons (Fsp3) is 0.417. The second kappa shape index (κ2) is 8.81. The van der Waals surface area contributed by atoms with Gasteiger partial charge in [0.05, 0.1) is 23.7 Å². The van der Waals surface area contributed by atoms with Gasteiger partial charge in [-0.2, -0.15) is 13.2 Å². The minimum atomic E-state index is -4.49. The van der Waals surface area contributed by atoms with Crippen LogP contribution < -0.4 is 4.90 Å². The summed E-state index contributed by atoms with van der Waals surface area (Å²) in [5, 5.41) is 0.174. The molecule has 0 saturated heterocycles. The van der Waals surface area contributed by atoms with Gasteiger partial charge >= 0.3 is 6.18 Å². The van der Waals surface area contributed by atoms with E-state index in [9.17, 15) is 22.8 Å². The number of halogens is 3. The highest BCUT2D eigenvalue weighted by atomic mass is 32.2. The zero-order valence-corrected chi connectivity index (χ0v) is 18.8. The van der Waals surface area contributed by atoms with Gasteiger partial charge in [0.25, 0.3) is 0 Å². The van der Waals surface area contributed by atoms with Crippen molar-refractivity contribution >= 4 is 29.3 Å². The molecule has 4 nitrogen and oxygen atoms in total. The maximum absolute atomic E-state index is 13.5. The lowest BCUT2D eigenvalue weighted by Crippen LogP contribution is -2.42. The van der Waals surface area contributed by atoms with Crippen molar-refractivity contribution in [3.05, 3.63) is 59.2 Å². The molecule has 8 heteroatoms. The Bertz CT molecular complexity index is 1040. The predicted molar refractivity (Wildman–Crippen MR) is 119 cm³/mol. The lowest BCUT2D eigenvalue weighted by atomic mass is 9.90. The molecule has 2 aromatic carbocycles. The van der Waals surface area contributed by atoms with E-state index in [0.717, 1.165) is 29.7 Å². The van der Waals surface area contributed by atoms with Crippen molar-refractivity contribution in [2.75, 3.05) is 18.0 Å². The van der Waals surface area contributed by atoms with Crippen molar-refractivity contribution in [3.8, 4) is 0 Å². The zero-order chi connectivity index (χ0) is 23.0. The number of alkyl halides is 3. The Morgan fingerprint density at radius 1 is 1.12 bits per heavy atom. The van der Waals surface area contributed by atoms with E-state index in [1.165, 1.54) is 29.7 Å². The molecule has 0 saturated carbocycles. The molecule has 2 atom stereocenters. The highest BCUT2D eigenvalue weighted by molar-refractivity contribution is 8.00. The number of anilines is 1. The lowest BCUT2D eigenvalue weighted by molar-refractivity contribution is -0.138. The molecule has 2 amide bonds. The molecule has 2 aliphatic rings. The van der Waals surface area contributed by atoms with E-state index in [-0.39, 0.29) is 23.5 Å². The largest absolute Gasteiger partial charge is 0.416 e. The molecule has 0 radical (unpaired) electrons. The van der Waals surface area contributed by atoms with Crippen LogP contribution in [0.3, 0.4) is 0 Å². The van der Waals surface area contributed by atoms with Gasteiger partial charge in [-0.05, 0) is 42.2 Å². The van der Waals surface area contributed by atoms with E-state index < -0.39 is 17.8 Å². The molecule has 4 rings (SSSR count). The Labute approximate surface area is 189 Å². The lowest BCUT2D eigenvalue weighted by Gasteiger charge is -2.37. The van der Waals surface area contributed by atoms with Crippen LogP contribution >= 0.6 is 11.8 Å². The van der Waals surface area contributed by atoms with Gasteiger partial charge in [0, 0.05) is 30.2 Å². The van der Waals surface area contributed by atoms with Crippen LogP contribution in [-0.2, 0) is 22.2 Å². The topological polar surface area (TPSA) is 40.6 Å². The van der Waals surface area contributed by atoms with Gasteiger partial charge in [0.1, 0.15) is 0 Å². The van der Waals surface area contributed by atoms with Gasteiger partial charge in [-0.15, -0.1) is 11.8 Å². The van der Waals surface area contributed by atoms with Crippen molar-refractivity contribution in [1.82, 2.24) is 4.90 Å². The summed E-state index contributed by atoms with van der Waals surface area (Å²) < 4.78 is 40.2. The number of fused-ring (bicyclic) bond motifs is 2. The molecule has 2 aliphatic heterocycles. The molecule has 0 N–H and O–H groups in total. The van der Waals surface area contributed by atoms with Crippen molar-refractivity contribution in [1.29, 1.82) is 0 Å². The van der Waals surface area contributed by atoms with Crippen LogP contribution in [0.4, 0.5) is 18.9 Å². The smallest absolute Gasteiger partial charge is 0.335 e. The number of hydrogen-bond acceptors (Lipinski definition) is 3. The van der Waals surface area contributed by atoms with Crippen molar-refractivity contribution in [3.63, 3.8) is 0 Å². The SMILES string of the molecule is CC(=O)N1CCc2ccccc2C1CC(=O)N1CCC(C)Sc2ccc(C(F)(F)F)cc21. The fourth-order valence-electron chi connectivity index (χ4n) is 4.49. The standard InChI is InChI=1S/C24H25F3N2O2S/c1-15-9-11-29(21-13-18(24(25,26)27)7-8-22(21)32-15)23(31)14-20-19-6-4-3-5-17(19)10-12-28(20)16(2)30/h3-8,13,15,20H,9-12,14H2,1-2H3. The Kier molecular flexibility index (Phi) is 6.25. The van der Waals surface area contributed by atoms with Gasteiger partial charge in [-0.25, -0.2) is 0 Å². The normalized spacial score (nSPS) is 20.9. The van der Waals surface area contributed by atoms with E-state index in [1.54, 1.807) is 4.90 Å². The van der Waals surface area contributed by atoms with Crippen molar-refractivity contribution < 1.29 is 22.8 Å². The fourth-order valence-corrected chi connectivity index (χ4v) is 5.59. The van der Waals surface area contributed by atoms with Crippen LogP contribution in [0.15, 0.2) is 47.4 Å². The maximum Gasteiger partial charge on any atom is 0.416 e. The molecular formula is C24H25F3N2O2S.